The molecule has 9 heteroatoms. The van der Waals surface area contributed by atoms with E-state index < -0.39 is 22.7 Å². The van der Waals surface area contributed by atoms with Gasteiger partial charge in [0.1, 0.15) is 5.54 Å². The van der Waals surface area contributed by atoms with Gasteiger partial charge in [-0.05, 0) is 45.6 Å². The zero-order valence-corrected chi connectivity index (χ0v) is 25.2. The van der Waals surface area contributed by atoms with E-state index in [0.29, 0.717) is 12.3 Å². The van der Waals surface area contributed by atoms with Crippen LogP contribution in [0.3, 0.4) is 0 Å². The van der Waals surface area contributed by atoms with E-state index in [1.54, 1.807) is 0 Å². The molecule has 5 atom stereocenters. The Morgan fingerprint density at radius 1 is 1.36 bits per heavy atom. The largest absolute Gasteiger partial charge is 0.755 e. The number of nitrogens with one attached hydrogen (secondary N) is 2. The van der Waals surface area contributed by atoms with Crippen molar-refractivity contribution in [1.82, 2.24) is 19.8 Å². The molecule has 1 heterocycles. The molecule has 1 saturated carbocycles. The maximum absolute atomic E-state index is 12.6. The number of hydrogen-bond acceptors (Lipinski definition) is 6. The van der Waals surface area contributed by atoms with Crippen molar-refractivity contribution in [3.8, 4) is 0 Å². The Bertz CT molecular complexity index is 672. The zero-order chi connectivity index (χ0) is 20.7. The molecule has 2 fully saturated rings. The summed E-state index contributed by atoms with van der Waals surface area (Å²) in [5, 5.41) is 3.29. The average molecular weight is 665 g/mol. The molecule has 0 radical (unpaired) electrons. The first kappa shape index (κ1) is 23.7. The molecule has 5 unspecified atom stereocenters. The molecular weight excluding hydrogens is 631 g/mol. The van der Waals surface area contributed by atoms with E-state index in [1.165, 1.54) is 0 Å². The third-order valence-electron chi connectivity index (χ3n) is 6.46. The topological polar surface area (TPSA) is 87.7 Å². The van der Waals surface area contributed by atoms with Crippen LogP contribution in [0.1, 0.15) is 40.5 Å². The minimum atomic E-state index is -2.62. The molecule has 2 N–H and O–H groups in total. The number of rotatable bonds is 8. The van der Waals surface area contributed by atoms with Gasteiger partial charge in [0.05, 0.1) is 11.6 Å². The predicted octanol–water partition coefficient (Wildman–Crippen LogP) is 1.34. The first-order valence-electron chi connectivity index (χ1n) is 9.36. The van der Waals surface area contributed by atoms with Crippen LogP contribution in [0, 0.1) is 11.8 Å². The molecule has 7 nitrogen and oxygen atoms in total. The first-order valence-corrected chi connectivity index (χ1v) is 10.4. The van der Waals surface area contributed by atoms with Crippen molar-refractivity contribution >= 4 is 17.2 Å². The Kier molecular flexibility index (Phi) is 6.70. The number of likely N-dealkylation sites (tertiary alicyclic amines) is 1. The summed E-state index contributed by atoms with van der Waals surface area (Å²) < 4.78 is 24.0. The average Bonchev–Trinajstić information content (AvgIpc) is 3.12. The van der Waals surface area contributed by atoms with Crippen molar-refractivity contribution in [3.05, 3.63) is 24.6 Å². The van der Waals surface area contributed by atoms with Crippen LogP contribution >= 0.6 is 0 Å². The molecule has 1 amide bonds. The van der Waals surface area contributed by atoms with Gasteiger partial charge in [-0.2, -0.15) is 0 Å². The second-order valence-corrected chi connectivity index (χ2v) is 9.25. The van der Waals surface area contributed by atoms with Crippen molar-refractivity contribution in [2.24, 2.45) is 11.8 Å². The van der Waals surface area contributed by atoms with E-state index in [1.807, 2.05) is 30.6 Å². The second-order valence-electron chi connectivity index (χ2n) is 8.58. The van der Waals surface area contributed by atoms with Crippen LogP contribution in [0.4, 0.5) is 0 Å². The first-order chi connectivity index (χ1) is 12.4. The van der Waals surface area contributed by atoms with Gasteiger partial charge in [0, 0.05) is 36.3 Å². The van der Waals surface area contributed by atoms with Crippen molar-refractivity contribution in [1.29, 1.82) is 0 Å². The molecule has 1 aliphatic carbocycles. The molecule has 0 aromatic rings. The Morgan fingerprint density at radius 2 is 1.89 bits per heavy atom. The molecule has 2 aliphatic rings. The van der Waals surface area contributed by atoms with Crippen LogP contribution in [0.5, 0.6) is 0 Å². The van der Waals surface area contributed by atoms with E-state index >= 15 is 0 Å². The van der Waals surface area contributed by atoms with Crippen LogP contribution in [0.25, 0.3) is 0 Å². The molecule has 1 aliphatic heterocycles. The summed E-state index contributed by atoms with van der Waals surface area (Å²) in [6, 6.07) is 0.0281. The summed E-state index contributed by atoms with van der Waals surface area (Å²) in [7, 11) is 3.75. The molecule has 0 aromatic carbocycles. The molecule has 156 valence electrons. The predicted molar refractivity (Wildman–Crippen MR) is 107 cm³/mol. The van der Waals surface area contributed by atoms with Crippen molar-refractivity contribution in [3.63, 3.8) is 0 Å². The maximum atomic E-state index is 12.6. The van der Waals surface area contributed by atoms with Gasteiger partial charge in [-0.1, -0.05) is 27.0 Å². The van der Waals surface area contributed by atoms with Gasteiger partial charge in [0.2, 0.25) is 0 Å². The van der Waals surface area contributed by atoms with Gasteiger partial charge < -0.3 is 19.7 Å². The Hall–Kier alpha value is -2.38. The summed E-state index contributed by atoms with van der Waals surface area (Å²) in [5.41, 5.74) is 0.692. The summed E-state index contributed by atoms with van der Waals surface area (Å²) in [6.45, 7) is 17.8. The zero-order valence-electron chi connectivity index (χ0n) is 18.0. The number of nitrogens with zero attached hydrogens (tertiary/aromatic N) is 2. The normalized spacial score (nSPS) is 30.2. The quantitative estimate of drug-likeness (QED) is 0.382. The Morgan fingerprint density at radius 3 is 2.32 bits per heavy atom. The van der Waals surface area contributed by atoms with Gasteiger partial charge in [0.15, 0.2) is 0 Å². The fourth-order valence-electron chi connectivity index (χ4n) is 4.15. The van der Waals surface area contributed by atoms with E-state index in [-0.39, 0.29) is 17.5 Å². The minimum absolute atomic E-state index is 0. The van der Waals surface area contributed by atoms with Gasteiger partial charge in [0.25, 0.3) is 5.91 Å². The summed E-state index contributed by atoms with van der Waals surface area (Å²) in [5.74, 6) is 0.0473. The molecular formula is C19H33N4O3RfS-. The number of carbonyl (C=O) groups excluding carboxylic acids is 1. The number of hydrogen-bond donors (Lipinski definition) is 2. The maximum Gasteiger partial charge on any atom is 0.256 e. The van der Waals surface area contributed by atoms with Crippen LogP contribution in [-0.4, -0.2) is 62.2 Å². The van der Waals surface area contributed by atoms with Crippen LogP contribution < -0.4 is 10.0 Å². The van der Waals surface area contributed by atoms with E-state index in [9.17, 15) is 13.6 Å². The number of carbonyl (C=O) groups is 1. The molecule has 0 spiro atoms. The van der Waals surface area contributed by atoms with E-state index in [0.717, 1.165) is 24.4 Å². The SMILES string of the molecule is C=C(C1CC(C)CN1C(=C)C(C)(C)NC)N(C)C1(C(=O)NS(=O)[O-])CC1C.[Rf]. The van der Waals surface area contributed by atoms with Crippen molar-refractivity contribution in [2.45, 2.75) is 57.7 Å². The monoisotopic (exact) mass is 664 g/mol. The molecule has 0 aromatic heterocycles. The fraction of sp³-hybridized carbons (Fsp3) is 0.737. The summed E-state index contributed by atoms with van der Waals surface area (Å²) in [6.07, 6.45) is 1.53. The van der Waals surface area contributed by atoms with Gasteiger partial charge in [-0.15, -0.1) is 0 Å². The Labute approximate surface area is 165 Å². The van der Waals surface area contributed by atoms with Gasteiger partial charge >= 0.3 is 0 Å². The van der Waals surface area contributed by atoms with Crippen molar-refractivity contribution in [2.75, 3.05) is 20.6 Å². The van der Waals surface area contributed by atoms with Crippen LogP contribution in [0.2, 0.25) is 0 Å². The van der Waals surface area contributed by atoms with Crippen LogP contribution in [0.15, 0.2) is 24.6 Å². The fourth-order valence-corrected chi connectivity index (χ4v) is 4.48. The van der Waals surface area contributed by atoms with Gasteiger partial charge in [-0.25, -0.2) is 0 Å². The second kappa shape index (κ2) is 7.93. The Balaban J connectivity index is 0.00000392. The summed E-state index contributed by atoms with van der Waals surface area (Å²) >= 11 is -2.62. The van der Waals surface area contributed by atoms with Crippen LogP contribution in [-0.2, 0) is 16.1 Å². The third-order valence-corrected chi connectivity index (χ3v) is 6.81. The molecule has 28 heavy (non-hydrogen) atoms. The summed E-state index contributed by atoms with van der Waals surface area (Å²) in [4.78, 5) is 16.7. The molecule has 2 rings (SSSR count). The minimum Gasteiger partial charge on any atom is -0.755 e. The molecule has 0 bridgehead atoms. The standard InChI is InChI=1S/C19H34N4O3S.Rf/c1-12-9-16(23(11-12)15(4)18(5,6)20-7)14(3)22(8)19(10-13(19)2)17(24)21-27(25)26;/h12-13,16,20H,3-4,9-11H2,1-2,5-8H3,(H,21,24)(H,25,26);/p-1. The number of amides is 1. The number of likely N-dealkylation sites (N-methyl/N-ethyl adjacent to an activating group) is 2. The smallest absolute Gasteiger partial charge is 0.256 e. The van der Waals surface area contributed by atoms with Crippen molar-refractivity contribution < 1.29 is 13.6 Å². The van der Waals surface area contributed by atoms with E-state index in [4.69, 9.17) is 0 Å². The molecule has 1 saturated heterocycles. The van der Waals surface area contributed by atoms with E-state index in [2.05, 4.69) is 44.1 Å². The third kappa shape index (κ3) is 3.91. The van der Waals surface area contributed by atoms with Gasteiger partial charge in [-0.3, -0.25) is 13.7 Å².